The molecule has 2 rings (SSSR count). The molecule has 10 heteroatoms. The quantitative estimate of drug-likeness (QED) is 0.701. The molecule has 1 heterocycles. The Labute approximate surface area is 142 Å². The molecular formula is C14H19NO6S3. The maximum Gasteiger partial charge on any atom is 0.241 e. The van der Waals surface area contributed by atoms with E-state index >= 15 is 0 Å². The molecule has 24 heavy (non-hydrogen) atoms. The summed E-state index contributed by atoms with van der Waals surface area (Å²) in [5, 5.41) is -1.04. The Kier molecular flexibility index (Phi) is 5.24. The molecule has 1 fully saturated rings. The summed E-state index contributed by atoms with van der Waals surface area (Å²) in [6, 6.07) is 3.79. The van der Waals surface area contributed by atoms with Gasteiger partial charge in [-0.2, -0.15) is 0 Å². The van der Waals surface area contributed by atoms with Gasteiger partial charge in [-0.25, -0.2) is 30.0 Å². The third-order valence-electron chi connectivity index (χ3n) is 3.82. The molecule has 0 spiro atoms. The highest BCUT2D eigenvalue weighted by molar-refractivity contribution is 7.96. The van der Waals surface area contributed by atoms with Crippen LogP contribution in [0.2, 0.25) is 0 Å². The lowest BCUT2D eigenvalue weighted by molar-refractivity contribution is 0.580. The lowest BCUT2D eigenvalue weighted by atomic mass is 10.2. The molecule has 0 radical (unpaired) electrons. The number of aryl methyl sites for hydroxylation is 1. The topological polar surface area (TPSA) is 114 Å². The van der Waals surface area contributed by atoms with E-state index in [1.807, 2.05) is 0 Å². The average Bonchev–Trinajstić information content (AvgIpc) is 2.86. The molecule has 0 amide bonds. The molecule has 0 bridgehead atoms. The van der Waals surface area contributed by atoms with Gasteiger partial charge in [-0.1, -0.05) is 12.1 Å². The molecule has 1 N–H and O–H groups in total. The third kappa shape index (κ3) is 3.88. The van der Waals surface area contributed by atoms with Crippen molar-refractivity contribution in [3.05, 3.63) is 36.4 Å². The maximum atomic E-state index is 12.6. The van der Waals surface area contributed by atoms with E-state index in [9.17, 15) is 25.3 Å². The molecule has 0 saturated carbocycles. The number of hydrogen-bond donors (Lipinski definition) is 1. The van der Waals surface area contributed by atoms with Gasteiger partial charge in [0.1, 0.15) is 0 Å². The predicted molar refractivity (Wildman–Crippen MR) is 90.8 cm³/mol. The molecule has 0 aliphatic carbocycles. The number of benzene rings is 1. The highest BCUT2D eigenvalue weighted by atomic mass is 32.2. The lowest BCUT2D eigenvalue weighted by Gasteiger charge is -2.13. The Hall–Kier alpha value is -1.23. The van der Waals surface area contributed by atoms with Crippen LogP contribution < -0.4 is 4.72 Å². The van der Waals surface area contributed by atoms with E-state index in [4.69, 9.17) is 0 Å². The Morgan fingerprint density at radius 3 is 2.50 bits per heavy atom. The minimum absolute atomic E-state index is 0.0135. The van der Waals surface area contributed by atoms with Crippen LogP contribution in [0.25, 0.3) is 0 Å². The zero-order valence-corrected chi connectivity index (χ0v) is 15.5. The first-order valence-corrected chi connectivity index (χ1v) is 12.0. The van der Waals surface area contributed by atoms with Crippen molar-refractivity contribution in [1.82, 2.24) is 4.72 Å². The Morgan fingerprint density at radius 2 is 1.96 bits per heavy atom. The van der Waals surface area contributed by atoms with Crippen molar-refractivity contribution in [2.24, 2.45) is 0 Å². The summed E-state index contributed by atoms with van der Waals surface area (Å²) in [7, 11) is -11.2. The van der Waals surface area contributed by atoms with E-state index in [0.29, 0.717) is 5.56 Å². The van der Waals surface area contributed by atoms with Crippen LogP contribution in [0.4, 0.5) is 0 Å². The van der Waals surface area contributed by atoms with E-state index in [1.54, 1.807) is 6.92 Å². The van der Waals surface area contributed by atoms with Crippen LogP contribution in [0.5, 0.6) is 0 Å². The molecule has 1 atom stereocenters. The first-order chi connectivity index (χ1) is 11.0. The zero-order valence-electron chi connectivity index (χ0n) is 13.1. The van der Waals surface area contributed by atoms with Gasteiger partial charge in [0.25, 0.3) is 0 Å². The van der Waals surface area contributed by atoms with Gasteiger partial charge in [-0.15, -0.1) is 6.58 Å². The summed E-state index contributed by atoms with van der Waals surface area (Å²) in [5.74, 6) is -0.602. The summed E-state index contributed by atoms with van der Waals surface area (Å²) < 4.78 is 75.2. The monoisotopic (exact) mass is 393 g/mol. The van der Waals surface area contributed by atoms with Crippen LogP contribution in [-0.4, -0.2) is 48.6 Å². The largest absolute Gasteiger partial charge is 0.241 e. The summed E-state index contributed by atoms with van der Waals surface area (Å²) in [4.78, 5) is -0.333. The van der Waals surface area contributed by atoms with Crippen LogP contribution in [0.1, 0.15) is 12.0 Å². The van der Waals surface area contributed by atoms with Crippen molar-refractivity contribution in [1.29, 1.82) is 0 Å². The lowest BCUT2D eigenvalue weighted by Crippen LogP contribution is -2.26. The van der Waals surface area contributed by atoms with Gasteiger partial charge in [-0.05, 0) is 31.0 Å². The van der Waals surface area contributed by atoms with Crippen LogP contribution in [-0.2, 0) is 29.7 Å². The maximum absolute atomic E-state index is 12.6. The minimum atomic E-state index is -3.92. The van der Waals surface area contributed by atoms with Gasteiger partial charge in [0, 0.05) is 6.54 Å². The van der Waals surface area contributed by atoms with Gasteiger partial charge < -0.3 is 0 Å². The van der Waals surface area contributed by atoms with Gasteiger partial charge in [0.2, 0.25) is 10.0 Å². The van der Waals surface area contributed by atoms with Crippen molar-refractivity contribution >= 4 is 29.7 Å². The summed E-state index contributed by atoms with van der Waals surface area (Å²) in [6.45, 7) is 4.99. The molecule has 1 aromatic rings. The fraction of sp³-hybridized carbons (Fsp3) is 0.429. The number of rotatable bonds is 6. The molecule has 1 saturated heterocycles. The second kappa shape index (κ2) is 6.58. The van der Waals surface area contributed by atoms with Crippen molar-refractivity contribution in [3.63, 3.8) is 0 Å². The third-order valence-corrected chi connectivity index (χ3v) is 9.56. The van der Waals surface area contributed by atoms with Crippen LogP contribution in [0.15, 0.2) is 40.6 Å². The Balaban J connectivity index is 2.46. The number of hydrogen-bond acceptors (Lipinski definition) is 6. The zero-order chi connectivity index (χ0) is 18.2. The van der Waals surface area contributed by atoms with E-state index in [1.165, 1.54) is 18.2 Å². The molecule has 1 unspecified atom stereocenters. The molecule has 1 aliphatic heterocycles. The van der Waals surface area contributed by atoms with E-state index in [0.717, 1.165) is 6.07 Å². The Bertz CT molecular complexity index is 962. The van der Waals surface area contributed by atoms with Crippen molar-refractivity contribution in [2.75, 3.05) is 18.1 Å². The standard InChI is InChI=1S/C14H19NO6S3/c1-3-7-15-24(20,21)14-9-12(5-4-11(14)2)23(18,19)13-6-8-22(16,17)10-13/h3-5,9,13,15H,1,6-8,10H2,2H3. The molecule has 0 aromatic heterocycles. The highest BCUT2D eigenvalue weighted by Gasteiger charge is 2.38. The fourth-order valence-corrected chi connectivity index (χ4v) is 8.22. The number of nitrogens with one attached hydrogen (secondary N) is 1. The smallest absolute Gasteiger partial charge is 0.229 e. The molecular weight excluding hydrogens is 374 g/mol. The average molecular weight is 394 g/mol. The summed E-state index contributed by atoms with van der Waals surface area (Å²) in [5.41, 5.74) is 0.393. The first kappa shape index (κ1) is 19.1. The van der Waals surface area contributed by atoms with E-state index < -0.39 is 40.7 Å². The van der Waals surface area contributed by atoms with Crippen molar-refractivity contribution in [2.45, 2.75) is 28.4 Å². The normalized spacial score (nSPS) is 20.8. The molecule has 134 valence electrons. The van der Waals surface area contributed by atoms with Crippen molar-refractivity contribution in [3.8, 4) is 0 Å². The van der Waals surface area contributed by atoms with Crippen LogP contribution in [0.3, 0.4) is 0 Å². The molecule has 1 aromatic carbocycles. The fourth-order valence-electron chi connectivity index (χ4n) is 2.49. The molecule has 7 nitrogen and oxygen atoms in total. The SMILES string of the molecule is C=CCNS(=O)(=O)c1cc(S(=O)(=O)C2CCS(=O)(=O)C2)ccc1C. The number of sulfonamides is 1. The van der Waals surface area contributed by atoms with Crippen LogP contribution >= 0.6 is 0 Å². The van der Waals surface area contributed by atoms with Gasteiger partial charge in [-0.3, -0.25) is 0 Å². The van der Waals surface area contributed by atoms with Gasteiger partial charge in [0.15, 0.2) is 19.7 Å². The van der Waals surface area contributed by atoms with E-state index in [2.05, 4.69) is 11.3 Å². The summed E-state index contributed by atoms with van der Waals surface area (Å²) in [6.07, 6.45) is 1.40. The predicted octanol–water partition coefficient (Wildman–Crippen LogP) is 0.420. The van der Waals surface area contributed by atoms with Crippen molar-refractivity contribution < 1.29 is 25.3 Å². The Morgan fingerprint density at radius 1 is 1.29 bits per heavy atom. The van der Waals surface area contributed by atoms with Gasteiger partial charge in [0.05, 0.1) is 26.5 Å². The minimum Gasteiger partial charge on any atom is -0.229 e. The van der Waals surface area contributed by atoms with Gasteiger partial charge >= 0.3 is 0 Å². The summed E-state index contributed by atoms with van der Waals surface area (Å²) >= 11 is 0. The first-order valence-electron chi connectivity index (χ1n) is 7.15. The second-order valence-electron chi connectivity index (χ2n) is 5.64. The second-order valence-corrected chi connectivity index (χ2v) is 11.8. The number of sulfone groups is 2. The van der Waals surface area contributed by atoms with E-state index in [-0.39, 0.29) is 28.5 Å². The van der Waals surface area contributed by atoms with Crippen LogP contribution in [0, 0.1) is 6.92 Å². The highest BCUT2D eigenvalue weighted by Crippen LogP contribution is 2.28. The molecule has 1 aliphatic rings.